The highest BCUT2D eigenvalue weighted by Crippen LogP contribution is 2.38. The fourth-order valence-corrected chi connectivity index (χ4v) is 6.05. The molecule has 0 radical (unpaired) electrons. The molecule has 0 saturated carbocycles. The Hall–Kier alpha value is -3.34. The number of nitrogens with zero attached hydrogens (tertiary/aromatic N) is 5. The van der Waals surface area contributed by atoms with Crippen molar-refractivity contribution in [2.75, 3.05) is 18.1 Å². The Morgan fingerprint density at radius 2 is 1.89 bits per heavy atom. The lowest BCUT2D eigenvalue weighted by atomic mass is 9.97. The fraction of sp³-hybridized carbons (Fsp3) is 0.519. The second-order valence-corrected chi connectivity index (χ2v) is 13.7. The Balaban J connectivity index is 1.71. The quantitative estimate of drug-likeness (QED) is 0.479. The summed E-state index contributed by atoms with van der Waals surface area (Å²) in [4.78, 5) is 20.4. The smallest absolute Gasteiger partial charge is 0.268 e. The van der Waals surface area contributed by atoms with Gasteiger partial charge in [0.25, 0.3) is 15.9 Å². The molecule has 1 fully saturated rings. The number of hydrogen-bond donors (Lipinski definition) is 1. The number of sulfonamides is 1. The molecule has 1 saturated heterocycles. The first-order valence-electron chi connectivity index (χ1n) is 12.7. The minimum absolute atomic E-state index is 0.0130. The van der Waals surface area contributed by atoms with E-state index in [2.05, 4.69) is 56.3 Å². The van der Waals surface area contributed by atoms with Gasteiger partial charge in [0, 0.05) is 43.3 Å². The van der Waals surface area contributed by atoms with Crippen LogP contribution in [-0.4, -0.2) is 52.3 Å². The van der Waals surface area contributed by atoms with E-state index >= 15 is 0 Å². The van der Waals surface area contributed by atoms with Crippen LogP contribution in [0, 0.1) is 18.3 Å². The molecule has 0 unspecified atom stereocenters. The van der Waals surface area contributed by atoms with Crippen LogP contribution in [0.3, 0.4) is 0 Å². The highest BCUT2D eigenvalue weighted by molar-refractivity contribution is 7.90. The van der Waals surface area contributed by atoms with Crippen LogP contribution >= 0.6 is 0 Å². The van der Waals surface area contributed by atoms with Crippen molar-refractivity contribution < 1.29 is 17.9 Å². The zero-order valence-electron chi connectivity index (χ0n) is 23.4. The largest absolute Gasteiger partial charge is 0.476 e. The van der Waals surface area contributed by atoms with Gasteiger partial charge in [-0.3, -0.25) is 4.79 Å². The number of anilines is 1. The number of ether oxygens (including phenoxy) is 1. The standard InChI is InChI=1S/C27H38N6O4S/c1-18-15-27(6,7)32(16-18)24-20(25(34)30-38(35,36)21-11-13-31(8)19(21)2)9-10-22(28-24)33-14-12-23(29-33)37-17-26(3,4)5/h9-14,18H,15-17H2,1-8H3,(H,30,34)/t18-/m0/s1. The summed E-state index contributed by atoms with van der Waals surface area (Å²) in [6, 6.07) is 6.52. The van der Waals surface area contributed by atoms with Gasteiger partial charge in [-0.1, -0.05) is 27.7 Å². The van der Waals surface area contributed by atoms with Crippen molar-refractivity contribution in [3.05, 3.63) is 47.9 Å². The summed E-state index contributed by atoms with van der Waals surface area (Å²) in [6.45, 7) is 15.5. The average molecular weight is 543 g/mol. The molecule has 10 nitrogen and oxygen atoms in total. The highest BCUT2D eigenvalue weighted by Gasteiger charge is 2.39. The van der Waals surface area contributed by atoms with E-state index in [0.717, 1.165) is 6.42 Å². The van der Waals surface area contributed by atoms with Gasteiger partial charge in [-0.05, 0) is 56.7 Å². The highest BCUT2D eigenvalue weighted by atomic mass is 32.2. The topological polar surface area (TPSA) is 111 Å². The van der Waals surface area contributed by atoms with E-state index in [4.69, 9.17) is 9.72 Å². The molecule has 0 aromatic carbocycles. The van der Waals surface area contributed by atoms with E-state index in [-0.39, 0.29) is 21.4 Å². The lowest BCUT2D eigenvalue weighted by Gasteiger charge is -2.34. The molecule has 4 rings (SSSR count). The summed E-state index contributed by atoms with van der Waals surface area (Å²) in [6.07, 6.45) is 4.31. The lowest BCUT2D eigenvalue weighted by Crippen LogP contribution is -2.41. The predicted molar refractivity (Wildman–Crippen MR) is 146 cm³/mol. The summed E-state index contributed by atoms with van der Waals surface area (Å²) in [7, 11) is -2.32. The Bertz CT molecular complexity index is 1450. The Labute approximate surface area is 225 Å². The number of carbonyl (C=O) groups is 1. The zero-order chi connectivity index (χ0) is 28.0. The van der Waals surface area contributed by atoms with Gasteiger partial charge in [-0.25, -0.2) is 22.8 Å². The minimum atomic E-state index is -4.08. The number of carbonyl (C=O) groups excluding carboxylic acids is 1. The Morgan fingerprint density at radius 3 is 2.47 bits per heavy atom. The van der Waals surface area contributed by atoms with Gasteiger partial charge in [-0.15, -0.1) is 5.10 Å². The van der Waals surface area contributed by atoms with Gasteiger partial charge in [0.05, 0.1) is 12.2 Å². The van der Waals surface area contributed by atoms with E-state index in [9.17, 15) is 13.2 Å². The lowest BCUT2D eigenvalue weighted by molar-refractivity contribution is 0.0981. The van der Waals surface area contributed by atoms with Crippen LogP contribution in [0.2, 0.25) is 0 Å². The first-order valence-corrected chi connectivity index (χ1v) is 14.2. The molecule has 3 aromatic heterocycles. The van der Waals surface area contributed by atoms with Crippen molar-refractivity contribution in [3.8, 4) is 11.7 Å². The van der Waals surface area contributed by atoms with Crippen LogP contribution < -0.4 is 14.4 Å². The predicted octanol–water partition coefficient (Wildman–Crippen LogP) is 4.08. The Morgan fingerprint density at radius 1 is 1.18 bits per heavy atom. The second-order valence-electron chi connectivity index (χ2n) is 12.0. The van der Waals surface area contributed by atoms with Crippen molar-refractivity contribution in [3.63, 3.8) is 0 Å². The summed E-state index contributed by atoms with van der Waals surface area (Å²) in [5, 5.41) is 4.50. The van der Waals surface area contributed by atoms with Crippen LogP contribution in [0.4, 0.5) is 5.82 Å². The zero-order valence-corrected chi connectivity index (χ0v) is 24.3. The summed E-state index contributed by atoms with van der Waals surface area (Å²) in [5.74, 6) is 1.04. The monoisotopic (exact) mass is 542 g/mol. The number of amides is 1. The summed E-state index contributed by atoms with van der Waals surface area (Å²) < 4.78 is 37.5. The minimum Gasteiger partial charge on any atom is -0.476 e. The van der Waals surface area contributed by atoms with Gasteiger partial charge < -0.3 is 14.2 Å². The van der Waals surface area contributed by atoms with Gasteiger partial charge in [0.1, 0.15) is 10.7 Å². The molecular weight excluding hydrogens is 504 g/mol. The molecule has 1 aliphatic rings. The number of pyridine rings is 1. The van der Waals surface area contributed by atoms with Crippen molar-refractivity contribution in [2.24, 2.45) is 18.4 Å². The van der Waals surface area contributed by atoms with Gasteiger partial charge in [0.2, 0.25) is 5.88 Å². The van der Waals surface area contributed by atoms with Crippen molar-refractivity contribution in [2.45, 2.75) is 65.3 Å². The molecule has 0 aliphatic carbocycles. The molecule has 0 spiro atoms. The molecule has 1 aliphatic heterocycles. The van der Waals surface area contributed by atoms with E-state index in [1.54, 1.807) is 53.8 Å². The number of rotatable bonds is 7. The molecular formula is C27H38N6O4S. The first kappa shape index (κ1) is 27.7. The molecule has 11 heteroatoms. The third-order valence-corrected chi connectivity index (χ3v) is 8.20. The van der Waals surface area contributed by atoms with Crippen LogP contribution in [0.25, 0.3) is 5.82 Å². The van der Waals surface area contributed by atoms with Gasteiger partial charge in [0.15, 0.2) is 5.82 Å². The number of aromatic nitrogens is 4. The summed E-state index contributed by atoms with van der Waals surface area (Å²) >= 11 is 0. The van der Waals surface area contributed by atoms with E-state index in [1.165, 1.54) is 6.07 Å². The third kappa shape index (κ3) is 5.72. The maximum Gasteiger partial charge on any atom is 0.268 e. The molecule has 3 aromatic rings. The van der Waals surface area contributed by atoms with Crippen molar-refractivity contribution in [1.82, 2.24) is 24.1 Å². The van der Waals surface area contributed by atoms with Crippen LogP contribution in [-0.2, 0) is 17.1 Å². The number of hydrogen-bond acceptors (Lipinski definition) is 7. The number of nitrogens with one attached hydrogen (secondary N) is 1. The molecule has 1 amide bonds. The SMILES string of the molecule is Cc1c(S(=O)(=O)NC(=O)c2ccc(-n3ccc(OCC(C)(C)C)n3)nc2N2C[C@@H](C)CC2(C)C)ccn1C. The van der Waals surface area contributed by atoms with E-state index < -0.39 is 15.9 Å². The first-order chi connectivity index (χ1) is 17.6. The molecule has 1 atom stereocenters. The normalized spacial score (nSPS) is 17.6. The van der Waals surface area contributed by atoms with E-state index in [1.807, 2.05) is 0 Å². The van der Waals surface area contributed by atoms with Crippen LogP contribution in [0.5, 0.6) is 5.88 Å². The molecule has 0 bridgehead atoms. The molecule has 206 valence electrons. The second kappa shape index (κ2) is 9.76. The third-order valence-electron chi connectivity index (χ3n) is 6.74. The average Bonchev–Trinajstić information content (AvgIpc) is 3.48. The van der Waals surface area contributed by atoms with Crippen molar-refractivity contribution in [1.29, 1.82) is 0 Å². The fourth-order valence-electron chi connectivity index (χ4n) is 4.81. The molecule has 1 N–H and O–H groups in total. The molecule has 4 heterocycles. The van der Waals surface area contributed by atoms with Gasteiger partial charge >= 0.3 is 0 Å². The maximum atomic E-state index is 13.4. The van der Waals surface area contributed by atoms with Crippen LogP contribution in [0.15, 0.2) is 41.6 Å². The Kier molecular flexibility index (Phi) is 7.11. The summed E-state index contributed by atoms with van der Waals surface area (Å²) in [5.41, 5.74) is 0.433. The maximum absolute atomic E-state index is 13.4. The number of aryl methyl sites for hydroxylation is 1. The van der Waals surface area contributed by atoms with Gasteiger partial charge in [-0.2, -0.15) is 0 Å². The van der Waals surface area contributed by atoms with E-state index in [0.29, 0.717) is 42.3 Å². The van der Waals surface area contributed by atoms with Crippen LogP contribution in [0.1, 0.15) is 64.0 Å². The van der Waals surface area contributed by atoms with Crippen molar-refractivity contribution >= 4 is 21.7 Å². The molecule has 38 heavy (non-hydrogen) atoms.